The van der Waals surface area contributed by atoms with Gasteiger partial charge in [0, 0.05) is 17.3 Å². The molecule has 2 rings (SSSR count). The van der Waals surface area contributed by atoms with Crippen molar-refractivity contribution in [2.45, 2.75) is 51.5 Å². The Kier molecular flexibility index (Phi) is 3.98. The molecule has 0 bridgehead atoms. The van der Waals surface area contributed by atoms with Crippen LogP contribution in [0.4, 0.5) is 0 Å². The molecule has 3 atom stereocenters. The van der Waals surface area contributed by atoms with Gasteiger partial charge in [0.15, 0.2) is 0 Å². The second kappa shape index (κ2) is 5.28. The van der Waals surface area contributed by atoms with Crippen LogP contribution in [0.5, 0.6) is 0 Å². The lowest BCUT2D eigenvalue weighted by molar-refractivity contribution is 0.520. The molecular weight excluding hydrogens is 216 g/mol. The highest BCUT2D eigenvalue weighted by Gasteiger charge is 2.27. The molecule has 1 aromatic rings. The quantitative estimate of drug-likeness (QED) is 0.865. The van der Waals surface area contributed by atoms with Gasteiger partial charge >= 0.3 is 0 Å². The minimum atomic E-state index is 0.383. The number of rotatable bonds is 4. The van der Waals surface area contributed by atoms with Gasteiger partial charge in [-0.2, -0.15) is 0 Å². The largest absolute Gasteiger partial charge is 0.312 e. The molecular formula is C13H22N2S. The third-order valence-electron chi connectivity index (χ3n) is 3.88. The van der Waals surface area contributed by atoms with E-state index in [-0.39, 0.29) is 0 Å². The van der Waals surface area contributed by atoms with Gasteiger partial charge in [0.25, 0.3) is 0 Å². The molecule has 1 aromatic heterocycles. The van der Waals surface area contributed by atoms with Crippen molar-refractivity contribution in [3.05, 3.63) is 16.1 Å². The first-order valence-electron chi connectivity index (χ1n) is 6.37. The molecule has 1 N–H and O–H groups in total. The van der Waals surface area contributed by atoms with Crippen LogP contribution >= 0.6 is 11.3 Å². The van der Waals surface area contributed by atoms with Crippen molar-refractivity contribution in [2.75, 3.05) is 7.05 Å². The molecule has 2 nitrogen and oxygen atoms in total. The Labute approximate surface area is 102 Å². The van der Waals surface area contributed by atoms with Crippen LogP contribution in [0.3, 0.4) is 0 Å². The Morgan fingerprint density at radius 3 is 3.00 bits per heavy atom. The standard InChI is InChI=1S/C13H22N2S/c1-4-10-5-6-11(7-10)13-15-12(8-16-13)9(2)14-3/h8-11,14H,4-7H2,1-3H3. The average molecular weight is 238 g/mol. The summed E-state index contributed by atoms with van der Waals surface area (Å²) in [5, 5.41) is 6.84. The van der Waals surface area contributed by atoms with Crippen LogP contribution in [0.2, 0.25) is 0 Å². The first-order valence-corrected chi connectivity index (χ1v) is 7.25. The fourth-order valence-corrected chi connectivity index (χ4v) is 3.57. The molecule has 16 heavy (non-hydrogen) atoms. The molecule has 0 spiro atoms. The summed E-state index contributed by atoms with van der Waals surface area (Å²) in [6.45, 7) is 4.48. The topological polar surface area (TPSA) is 24.9 Å². The van der Waals surface area contributed by atoms with Gasteiger partial charge in [-0.15, -0.1) is 11.3 Å². The number of thiazole rings is 1. The lowest BCUT2D eigenvalue weighted by atomic mass is 10.0. The van der Waals surface area contributed by atoms with Crippen LogP contribution in [-0.4, -0.2) is 12.0 Å². The van der Waals surface area contributed by atoms with Gasteiger partial charge in [-0.05, 0) is 39.2 Å². The first kappa shape index (κ1) is 12.1. The lowest BCUT2D eigenvalue weighted by Gasteiger charge is -2.08. The van der Waals surface area contributed by atoms with E-state index >= 15 is 0 Å². The molecule has 0 amide bonds. The Morgan fingerprint density at radius 1 is 1.56 bits per heavy atom. The summed E-state index contributed by atoms with van der Waals surface area (Å²) in [5.74, 6) is 1.69. The van der Waals surface area contributed by atoms with E-state index in [1.54, 1.807) is 0 Å². The van der Waals surface area contributed by atoms with E-state index in [0.29, 0.717) is 6.04 Å². The molecule has 1 aliphatic carbocycles. The highest BCUT2D eigenvalue weighted by Crippen LogP contribution is 2.40. The van der Waals surface area contributed by atoms with Gasteiger partial charge in [0.2, 0.25) is 0 Å². The van der Waals surface area contributed by atoms with Crippen molar-refractivity contribution in [3.8, 4) is 0 Å². The van der Waals surface area contributed by atoms with Gasteiger partial charge in [-0.1, -0.05) is 13.3 Å². The van der Waals surface area contributed by atoms with Crippen LogP contribution in [0, 0.1) is 5.92 Å². The zero-order chi connectivity index (χ0) is 11.5. The molecule has 90 valence electrons. The van der Waals surface area contributed by atoms with Gasteiger partial charge in [-0.25, -0.2) is 4.98 Å². The molecule has 0 radical (unpaired) electrons. The third-order valence-corrected chi connectivity index (χ3v) is 4.91. The van der Waals surface area contributed by atoms with Crippen LogP contribution in [0.15, 0.2) is 5.38 Å². The summed E-state index contributed by atoms with van der Waals surface area (Å²) in [5.41, 5.74) is 1.21. The number of nitrogens with one attached hydrogen (secondary N) is 1. The monoisotopic (exact) mass is 238 g/mol. The van der Waals surface area contributed by atoms with Gasteiger partial charge < -0.3 is 5.32 Å². The van der Waals surface area contributed by atoms with Crippen molar-refractivity contribution in [3.63, 3.8) is 0 Å². The highest BCUT2D eigenvalue weighted by atomic mass is 32.1. The molecule has 0 aromatic carbocycles. The summed E-state index contributed by atoms with van der Waals surface area (Å²) in [6.07, 6.45) is 5.44. The van der Waals surface area contributed by atoms with Crippen LogP contribution in [0.1, 0.15) is 62.2 Å². The van der Waals surface area contributed by atoms with Gasteiger partial charge in [0.1, 0.15) is 0 Å². The zero-order valence-corrected chi connectivity index (χ0v) is 11.3. The number of hydrogen-bond acceptors (Lipinski definition) is 3. The molecule has 0 aliphatic heterocycles. The van der Waals surface area contributed by atoms with Crippen molar-refractivity contribution < 1.29 is 0 Å². The van der Waals surface area contributed by atoms with Crippen LogP contribution in [0.25, 0.3) is 0 Å². The van der Waals surface area contributed by atoms with E-state index in [9.17, 15) is 0 Å². The van der Waals surface area contributed by atoms with E-state index in [1.165, 1.54) is 36.4 Å². The normalized spacial score (nSPS) is 27.2. The fraction of sp³-hybridized carbons (Fsp3) is 0.769. The van der Waals surface area contributed by atoms with E-state index in [0.717, 1.165) is 11.8 Å². The van der Waals surface area contributed by atoms with E-state index in [2.05, 4.69) is 24.5 Å². The Balaban J connectivity index is 2.02. The summed E-state index contributed by atoms with van der Waals surface area (Å²) < 4.78 is 0. The Bertz CT molecular complexity index is 334. The maximum Gasteiger partial charge on any atom is 0.0960 e. The highest BCUT2D eigenvalue weighted by molar-refractivity contribution is 7.09. The maximum absolute atomic E-state index is 4.79. The zero-order valence-electron chi connectivity index (χ0n) is 10.5. The Hall–Kier alpha value is -0.410. The van der Waals surface area contributed by atoms with Gasteiger partial charge in [0.05, 0.1) is 10.7 Å². The first-order chi connectivity index (χ1) is 7.74. The lowest BCUT2D eigenvalue weighted by Crippen LogP contribution is -2.12. The van der Waals surface area contributed by atoms with Crippen molar-refractivity contribution in [2.24, 2.45) is 5.92 Å². The van der Waals surface area contributed by atoms with Crippen molar-refractivity contribution in [1.29, 1.82) is 0 Å². The summed E-state index contributed by atoms with van der Waals surface area (Å²) in [7, 11) is 1.99. The summed E-state index contributed by atoms with van der Waals surface area (Å²) >= 11 is 1.85. The molecule has 1 aliphatic rings. The predicted octanol–water partition coefficient (Wildman–Crippen LogP) is 3.72. The average Bonchev–Trinajstić information content (AvgIpc) is 2.95. The van der Waals surface area contributed by atoms with E-state index in [1.807, 2.05) is 18.4 Å². The molecule has 1 fully saturated rings. The van der Waals surface area contributed by atoms with E-state index in [4.69, 9.17) is 4.98 Å². The molecule has 3 heteroatoms. The second-order valence-corrected chi connectivity index (χ2v) is 5.79. The number of nitrogens with zero attached hydrogens (tertiary/aromatic N) is 1. The maximum atomic E-state index is 4.79. The second-order valence-electron chi connectivity index (χ2n) is 4.91. The molecule has 1 heterocycles. The summed E-state index contributed by atoms with van der Waals surface area (Å²) in [4.78, 5) is 4.79. The van der Waals surface area contributed by atoms with Crippen LogP contribution < -0.4 is 5.32 Å². The number of aromatic nitrogens is 1. The smallest absolute Gasteiger partial charge is 0.0960 e. The minimum absolute atomic E-state index is 0.383. The van der Waals surface area contributed by atoms with Crippen molar-refractivity contribution in [1.82, 2.24) is 10.3 Å². The fourth-order valence-electron chi connectivity index (χ4n) is 2.51. The summed E-state index contributed by atoms with van der Waals surface area (Å²) in [6, 6.07) is 0.383. The third kappa shape index (κ3) is 2.46. The van der Waals surface area contributed by atoms with E-state index < -0.39 is 0 Å². The number of hydrogen-bond donors (Lipinski definition) is 1. The molecule has 3 unspecified atom stereocenters. The molecule has 1 saturated carbocycles. The molecule has 0 saturated heterocycles. The SMILES string of the molecule is CCC1CCC(c2nc(C(C)NC)cs2)C1. The Morgan fingerprint density at radius 2 is 2.38 bits per heavy atom. The minimum Gasteiger partial charge on any atom is -0.312 e. The van der Waals surface area contributed by atoms with Gasteiger partial charge in [-0.3, -0.25) is 0 Å². The predicted molar refractivity (Wildman–Crippen MR) is 70.0 cm³/mol. The van der Waals surface area contributed by atoms with Crippen LogP contribution in [-0.2, 0) is 0 Å². The van der Waals surface area contributed by atoms with Crippen molar-refractivity contribution >= 4 is 11.3 Å².